The van der Waals surface area contributed by atoms with Crippen LogP contribution in [0.2, 0.25) is 0 Å². The molecule has 0 saturated carbocycles. The molecule has 0 radical (unpaired) electrons. The van der Waals surface area contributed by atoms with Crippen molar-refractivity contribution in [3.8, 4) is 0 Å². The van der Waals surface area contributed by atoms with Crippen LogP contribution in [0.5, 0.6) is 0 Å². The van der Waals surface area contributed by atoms with Gasteiger partial charge in [-0.05, 0) is 61.5 Å². The minimum absolute atomic E-state index is 0.309. The van der Waals surface area contributed by atoms with Gasteiger partial charge in [0.2, 0.25) is 0 Å². The maximum absolute atomic E-state index is 12.6. The lowest BCUT2D eigenvalue weighted by Gasteiger charge is -2.11. The number of fused-ring (bicyclic) bond motifs is 1. The topological polar surface area (TPSA) is 68.2 Å². The Kier molecular flexibility index (Phi) is 7.22. The number of hydrogen-bond acceptors (Lipinski definition) is 5. The fraction of sp³-hybridized carbons (Fsp3) is 0.375. The van der Waals surface area contributed by atoms with Crippen molar-refractivity contribution >= 4 is 45.5 Å². The second-order valence-corrected chi connectivity index (χ2v) is 9.53. The van der Waals surface area contributed by atoms with E-state index in [1.165, 1.54) is 36.0 Å². The number of benzene rings is 1. The number of thiocarbonyl (C=S) groups is 1. The summed E-state index contributed by atoms with van der Waals surface area (Å²) in [6.45, 7) is 2.79. The molecule has 6 nitrogen and oxygen atoms in total. The Hall–Kier alpha value is -2.71. The average molecular weight is 469 g/mol. The van der Waals surface area contributed by atoms with E-state index in [1.54, 1.807) is 11.3 Å². The Morgan fingerprint density at radius 2 is 1.94 bits per heavy atom. The highest BCUT2D eigenvalue weighted by Gasteiger charge is 2.25. The van der Waals surface area contributed by atoms with Crippen LogP contribution < -0.4 is 10.6 Å². The molecule has 0 spiro atoms. The summed E-state index contributed by atoms with van der Waals surface area (Å²) in [4.78, 5) is 13.8. The third-order valence-electron chi connectivity index (χ3n) is 5.76. The van der Waals surface area contributed by atoms with Crippen molar-refractivity contribution in [3.63, 3.8) is 0 Å². The third-order valence-corrected chi connectivity index (χ3v) is 7.18. The van der Waals surface area contributed by atoms with E-state index < -0.39 is 0 Å². The number of nitrogens with zero attached hydrogens (tertiary/aromatic N) is 2. The van der Waals surface area contributed by atoms with Crippen molar-refractivity contribution in [2.45, 2.75) is 52.0 Å². The van der Waals surface area contributed by atoms with Crippen molar-refractivity contribution in [3.05, 3.63) is 63.7 Å². The van der Waals surface area contributed by atoms with Crippen LogP contribution in [0.25, 0.3) is 0 Å². The Labute approximate surface area is 198 Å². The maximum Gasteiger partial charge on any atom is 0.341 e. The van der Waals surface area contributed by atoms with Crippen LogP contribution in [-0.2, 0) is 24.1 Å². The molecule has 168 valence electrons. The smallest absolute Gasteiger partial charge is 0.341 e. The fourth-order valence-electron chi connectivity index (χ4n) is 4.05. The van der Waals surface area contributed by atoms with Crippen LogP contribution in [0, 0.1) is 6.92 Å². The molecule has 4 rings (SSSR count). The van der Waals surface area contributed by atoms with Gasteiger partial charge in [-0.2, -0.15) is 5.10 Å². The molecule has 8 heteroatoms. The zero-order chi connectivity index (χ0) is 22.5. The van der Waals surface area contributed by atoms with Gasteiger partial charge in [0.25, 0.3) is 0 Å². The van der Waals surface area contributed by atoms with Crippen molar-refractivity contribution < 1.29 is 9.53 Å². The second-order valence-electron chi connectivity index (χ2n) is 8.02. The number of hydrogen-bond donors (Lipinski definition) is 2. The van der Waals surface area contributed by atoms with Crippen molar-refractivity contribution in [2.75, 3.05) is 17.7 Å². The van der Waals surface area contributed by atoms with Gasteiger partial charge in [-0.1, -0.05) is 37.1 Å². The molecule has 0 atom stereocenters. The summed E-state index contributed by atoms with van der Waals surface area (Å²) < 4.78 is 6.97. The normalized spacial score (nSPS) is 13.6. The molecule has 2 aromatic heterocycles. The summed E-state index contributed by atoms with van der Waals surface area (Å²) in [6.07, 6.45) is 8.50. The van der Waals surface area contributed by atoms with Crippen LogP contribution in [0.3, 0.4) is 0 Å². The molecule has 1 aliphatic rings. The number of aromatic nitrogens is 2. The molecule has 1 aliphatic carbocycles. The number of ether oxygens (including phenoxy) is 1. The molecule has 3 aromatic rings. The molecule has 0 bridgehead atoms. The predicted molar refractivity (Wildman–Crippen MR) is 134 cm³/mol. The summed E-state index contributed by atoms with van der Waals surface area (Å²) >= 11 is 7.15. The maximum atomic E-state index is 12.6. The Bertz CT molecular complexity index is 1120. The molecule has 0 saturated heterocycles. The lowest BCUT2D eigenvalue weighted by atomic mass is 9.96. The number of carbonyl (C=O) groups excluding carboxylic acids is 1. The van der Waals surface area contributed by atoms with Crippen molar-refractivity contribution in [2.24, 2.45) is 0 Å². The molecule has 32 heavy (non-hydrogen) atoms. The minimum atomic E-state index is -0.309. The predicted octanol–water partition coefficient (Wildman–Crippen LogP) is 5.56. The molecule has 2 heterocycles. The first kappa shape index (κ1) is 22.5. The van der Waals surface area contributed by atoms with E-state index in [0.29, 0.717) is 23.0 Å². The van der Waals surface area contributed by atoms with Gasteiger partial charge in [-0.15, -0.1) is 11.3 Å². The Balaban J connectivity index is 1.47. The number of carbonyl (C=O) groups is 1. The zero-order valence-electron chi connectivity index (χ0n) is 18.4. The number of esters is 1. The van der Waals surface area contributed by atoms with Crippen LogP contribution in [-0.4, -0.2) is 28.0 Å². The lowest BCUT2D eigenvalue weighted by molar-refractivity contribution is 0.0601. The highest BCUT2D eigenvalue weighted by Crippen LogP contribution is 2.37. The van der Waals surface area contributed by atoms with Gasteiger partial charge in [0, 0.05) is 17.1 Å². The quantitative estimate of drug-likeness (QED) is 0.378. The molecule has 2 N–H and O–H groups in total. The minimum Gasteiger partial charge on any atom is -0.465 e. The van der Waals surface area contributed by atoms with Crippen molar-refractivity contribution in [1.29, 1.82) is 0 Å². The van der Waals surface area contributed by atoms with E-state index in [-0.39, 0.29) is 5.97 Å². The third kappa shape index (κ3) is 5.19. The fourth-order valence-corrected chi connectivity index (χ4v) is 5.61. The number of rotatable bonds is 5. The van der Waals surface area contributed by atoms with Crippen LogP contribution in [0.1, 0.15) is 57.6 Å². The van der Waals surface area contributed by atoms with E-state index in [2.05, 4.69) is 34.8 Å². The first-order valence-electron chi connectivity index (χ1n) is 10.9. The molecule has 0 unspecified atom stereocenters. The van der Waals surface area contributed by atoms with Crippen LogP contribution in [0.4, 0.5) is 10.8 Å². The standard InChI is InChI=1S/C24H28N4O2S2/c1-16-9-7-8-10-17(16)15-28-14-13-20(27-28)25-24(31)26-22-21(23(29)30-2)18-11-5-3-4-6-12-19(18)32-22/h7-10,13-14H,3-6,11-12,15H2,1-2H3,(H2,25,26,27,31). The first-order chi connectivity index (χ1) is 15.5. The van der Waals surface area contributed by atoms with Gasteiger partial charge in [0.15, 0.2) is 10.9 Å². The van der Waals surface area contributed by atoms with Crippen molar-refractivity contribution in [1.82, 2.24) is 9.78 Å². The summed E-state index contributed by atoms with van der Waals surface area (Å²) in [5.74, 6) is 0.349. The lowest BCUT2D eigenvalue weighted by Crippen LogP contribution is -2.20. The summed E-state index contributed by atoms with van der Waals surface area (Å²) in [6, 6.07) is 10.2. The van der Waals surface area contributed by atoms with Gasteiger partial charge in [0.1, 0.15) is 5.00 Å². The number of thiophene rings is 1. The summed E-state index contributed by atoms with van der Waals surface area (Å²) in [7, 11) is 1.43. The largest absolute Gasteiger partial charge is 0.465 e. The SMILES string of the molecule is COC(=O)c1c(NC(=S)Nc2ccn(Cc3ccccc3C)n2)sc2c1CCCCCC2. The molecular weight excluding hydrogens is 440 g/mol. The van der Waals surface area contributed by atoms with Gasteiger partial charge in [-0.25, -0.2) is 4.79 Å². The number of methoxy groups -OCH3 is 1. The van der Waals surface area contributed by atoms with E-state index in [0.717, 1.165) is 36.2 Å². The van der Waals surface area contributed by atoms with Gasteiger partial charge in [0.05, 0.1) is 19.2 Å². The number of anilines is 2. The van der Waals surface area contributed by atoms with Crippen LogP contribution >= 0.6 is 23.6 Å². The molecule has 0 aliphatic heterocycles. The Morgan fingerprint density at radius 3 is 2.72 bits per heavy atom. The summed E-state index contributed by atoms with van der Waals surface area (Å²) in [5, 5.41) is 12.1. The first-order valence-corrected chi connectivity index (χ1v) is 12.2. The van der Waals surface area contributed by atoms with E-state index >= 15 is 0 Å². The average Bonchev–Trinajstić information content (AvgIpc) is 3.33. The molecule has 1 aromatic carbocycles. The highest BCUT2D eigenvalue weighted by atomic mass is 32.1. The molecular formula is C24H28N4O2S2. The molecule has 0 amide bonds. The summed E-state index contributed by atoms with van der Waals surface area (Å²) in [5.41, 5.74) is 4.21. The number of aryl methyl sites for hydroxylation is 2. The monoisotopic (exact) mass is 468 g/mol. The zero-order valence-corrected chi connectivity index (χ0v) is 20.1. The van der Waals surface area contributed by atoms with Crippen LogP contribution in [0.15, 0.2) is 36.5 Å². The van der Waals surface area contributed by atoms with Gasteiger partial charge >= 0.3 is 5.97 Å². The highest BCUT2D eigenvalue weighted by molar-refractivity contribution is 7.80. The van der Waals surface area contributed by atoms with E-state index in [9.17, 15) is 4.79 Å². The number of nitrogens with one attached hydrogen (secondary N) is 2. The van der Waals surface area contributed by atoms with E-state index in [4.69, 9.17) is 17.0 Å². The van der Waals surface area contributed by atoms with E-state index in [1.807, 2.05) is 29.1 Å². The Morgan fingerprint density at radius 1 is 1.16 bits per heavy atom. The molecule has 0 fully saturated rings. The van der Waals surface area contributed by atoms with Gasteiger partial charge in [-0.3, -0.25) is 4.68 Å². The second kappa shape index (κ2) is 10.3. The van der Waals surface area contributed by atoms with Gasteiger partial charge < -0.3 is 15.4 Å².